The number of allylic oxidation sites excluding steroid dienone is 1. The Balaban J connectivity index is 1.81. The van der Waals surface area contributed by atoms with Crippen LogP contribution in [0, 0.1) is 17.3 Å². The molecule has 0 bridgehead atoms. The summed E-state index contributed by atoms with van der Waals surface area (Å²) in [5.41, 5.74) is -0.685. The van der Waals surface area contributed by atoms with Crippen molar-refractivity contribution in [3.63, 3.8) is 0 Å². The summed E-state index contributed by atoms with van der Waals surface area (Å²) in [6.45, 7) is 3.64. The number of hydrogen-bond acceptors (Lipinski definition) is 3. The van der Waals surface area contributed by atoms with Gasteiger partial charge in [0.05, 0.1) is 9.31 Å². The van der Waals surface area contributed by atoms with Crippen LogP contribution in [-0.2, 0) is 9.53 Å². The van der Waals surface area contributed by atoms with Crippen LogP contribution in [0.4, 0.5) is 13.2 Å². The molecule has 0 unspecified atom stereocenters. The molecule has 0 aliphatic heterocycles. The molecule has 1 aliphatic rings. The summed E-state index contributed by atoms with van der Waals surface area (Å²) in [6, 6.07) is 14.2. The van der Waals surface area contributed by atoms with Crippen LogP contribution in [0.3, 0.4) is 0 Å². The molecule has 1 aliphatic carbocycles. The summed E-state index contributed by atoms with van der Waals surface area (Å²) < 4.78 is 52.5. The minimum atomic E-state index is -4.76. The molecule has 160 valence electrons. The SMILES string of the molecule is CC1(C)[C@H](C=C(Br)Br)[C@@H]1C(=O)O[C@@H](c1cccc(Oc2ccccc2)c1)C(F)(F)F. The number of carbonyl (C=O) groups excluding carboxylic acids is 1. The maximum absolute atomic E-state index is 13.8. The zero-order valence-corrected chi connectivity index (χ0v) is 19.3. The topological polar surface area (TPSA) is 35.5 Å². The normalized spacial score (nSPS) is 20.8. The van der Waals surface area contributed by atoms with Crippen molar-refractivity contribution in [2.24, 2.45) is 17.3 Å². The Morgan fingerprint density at radius 2 is 1.70 bits per heavy atom. The molecule has 30 heavy (non-hydrogen) atoms. The molecule has 1 saturated carbocycles. The van der Waals surface area contributed by atoms with Crippen LogP contribution in [-0.4, -0.2) is 12.1 Å². The average molecular weight is 548 g/mol. The molecule has 0 saturated heterocycles. The summed E-state index contributed by atoms with van der Waals surface area (Å²) in [4.78, 5) is 12.6. The molecule has 0 amide bonds. The third-order valence-electron chi connectivity index (χ3n) is 5.14. The van der Waals surface area contributed by atoms with Gasteiger partial charge in [0.25, 0.3) is 0 Å². The van der Waals surface area contributed by atoms with E-state index in [0.29, 0.717) is 9.14 Å². The van der Waals surface area contributed by atoms with Crippen LogP contribution in [0.25, 0.3) is 0 Å². The van der Waals surface area contributed by atoms with Crippen molar-refractivity contribution in [1.82, 2.24) is 0 Å². The van der Waals surface area contributed by atoms with Gasteiger partial charge in [-0.3, -0.25) is 4.79 Å². The van der Waals surface area contributed by atoms with Gasteiger partial charge in [-0.15, -0.1) is 0 Å². The average Bonchev–Trinajstić information content (AvgIpc) is 3.19. The number of esters is 1. The van der Waals surface area contributed by atoms with Gasteiger partial charge in [-0.1, -0.05) is 50.3 Å². The van der Waals surface area contributed by atoms with Crippen molar-refractivity contribution in [2.45, 2.75) is 26.1 Å². The second kappa shape index (κ2) is 8.75. The Kier molecular flexibility index (Phi) is 6.67. The van der Waals surface area contributed by atoms with Crippen LogP contribution in [0.15, 0.2) is 64.1 Å². The van der Waals surface area contributed by atoms with E-state index < -0.39 is 29.6 Å². The van der Waals surface area contributed by atoms with Crippen molar-refractivity contribution in [3.8, 4) is 11.5 Å². The minimum Gasteiger partial charge on any atom is -0.457 e. The summed E-state index contributed by atoms with van der Waals surface area (Å²) in [5, 5.41) is 0. The van der Waals surface area contributed by atoms with Crippen LogP contribution >= 0.6 is 31.9 Å². The van der Waals surface area contributed by atoms with Crippen molar-refractivity contribution in [2.75, 3.05) is 0 Å². The number of carbonyl (C=O) groups is 1. The van der Waals surface area contributed by atoms with Gasteiger partial charge < -0.3 is 9.47 Å². The highest BCUT2D eigenvalue weighted by Gasteiger charge is 2.62. The first-order valence-electron chi connectivity index (χ1n) is 9.13. The molecular formula is C22H19Br2F3O3. The van der Waals surface area contributed by atoms with Gasteiger partial charge in [0.1, 0.15) is 11.5 Å². The molecule has 0 N–H and O–H groups in total. The third kappa shape index (κ3) is 5.27. The van der Waals surface area contributed by atoms with Crippen LogP contribution < -0.4 is 4.74 Å². The van der Waals surface area contributed by atoms with E-state index in [9.17, 15) is 18.0 Å². The number of halogens is 5. The van der Waals surface area contributed by atoms with Gasteiger partial charge in [0, 0.05) is 5.56 Å². The standard InChI is InChI=1S/C22H19Br2F3O3/c1-21(2)16(12-17(23)24)18(21)20(28)30-19(22(25,26)27)13-7-6-10-15(11-13)29-14-8-4-3-5-9-14/h3-12,16,18-19H,1-2H3/t16-,18-,19+/m1/s1. The van der Waals surface area contributed by atoms with E-state index in [0.717, 1.165) is 0 Å². The molecule has 3 atom stereocenters. The Hall–Kier alpha value is -1.80. The number of alkyl halides is 3. The molecule has 8 heteroatoms. The Labute approximate surface area is 189 Å². The predicted molar refractivity (Wildman–Crippen MR) is 115 cm³/mol. The second-order valence-corrected chi connectivity index (χ2v) is 10.4. The van der Waals surface area contributed by atoms with Crippen molar-refractivity contribution in [3.05, 3.63) is 69.6 Å². The maximum atomic E-state index is 13.8. The van der Waals surface area contributed by atoms with Gasteiger partial charge in [-0.2, -0.15) is 13.2 Å². The lowest BCUT2D eigenvalue weighted by molar-refractivity contribution is -0.225. The fourth-order valence-electron chi connectivity index (χ4n) is 3.45. The van der Waals surface area contributed by atoms with Gasteiger partial charge in [-0.05, 0) is 67.5 Å². The molecule has 2 aromatic rings. The van der Waals surface area contributed by atoms with Crippen molar-refractivity contribution in [1.29, 1.82) is 0 Å². The molecular weight excluding hydrogens is 529 g/mol. The maximum Gasteiger partial charge on any atom is 0.429 e. The Bertz CT molecular complexity index is 938. The van der Waals surface area contributed by atoms with Crippen LogP contribution in [0.1, 0.15) is 25.5 Å². The fraction of sp³-hybridized carbons (Fsp3) is 0.318. The number of ether oxygens (including phenoxy) is 2. The summed E-state index contributed by atoms with van der Waals surface area (Å²) in [6.07, 6.45) is -5.39. The van der Waals surface area contributed by atoms with Gasteiger partial charge in [-0.25, -0.2) is 0 Å². The predicted octanol–water partition coefficient (Wildman–Crippen LogP) is 7.53. The fourth-order valence-corrected chi connectivity index (χ4v) is 4.02. The first-order valence-corrected chi connectivity index (χ1v) is 10.7. The lowest BCUT2D eigenvalue weighted by Crippen LogP contribution is -2.27. The highest BCUT2D eigenvalue weighted by molar-refractivity contribution is 9.28. The van der Waals surface area contributed by atoms with E-state index in [-0.39, 0.29) is 17.2 Å². The Morgan fingerprint density at radius 3 is 2.30 bits per heavy atom. The monoisotopic (exact) mass is 546 g/mol. The minimum absolute atomic E-state index is 0.198. The molecule has 3 nitrogen and oxygen atoms in total. The Morgan fingerprint density at radius 1 is 1.07 bits per heavy atom. The van der Waals surface area contributed by atoms with E-state index >= 15 is 0 Å². The molecule has 0 heterocycles. The molecule has 1 fully saturated rings. The first kappa shape index (κ1) is 22.9. The summed E-state index contributed by atoms with van der Waals surface area (Å²) in [5.74, 6) is -1.04. The zero-order valence-electron chi connectivity index (χ0n) is 16.1. The van der Waals surface area contributed by atoms with E-state index in [1.165, 1.54) is 18.2 Å². The lowest BCUT2D eigenvalue weighted by atomic mass is 10.1. The largest absolute Gasteiger partial charge is 0.457 e. The molecule has 0 radical (unpaired) electrons. The number of para-hydroxylation sites is 1. The quantitative estimate of drug-likeness (QED) is 0.351. The molecule has 0 aromatic heterocycles. The second-order valence-electron chi connectivity index (χ2n) is 7.63. The van der Waals surface area contributed by atoms with Crippen LogP contribution in [0.5, 0.6) is 11.5 Å². The highest BCUT2D eigenvalue weighted by atomic mass is 79.9. The number of rotatable bonds is 6. The summed E-state index contributed by atoms with van der Waals surface area (Å²) >= 11 is 6.46. The molecule has 0 spiro atoms. The highest BCUT2D eigenvalue weighted by Crippen LogP contribution is 2.60. The van der Waals surface area contributed by atoms with Crippen molar-refractivity contribution >= 4 is 37.8 Å². The number of hydrogen-bond donors (Lipinski definition) is 0. The molecule has 2 aromatic carbocycles. The first-order chi connectivity index (χ1) is 14.0. The van der Waals surface area contributed by atoms with E-state index in [2.05, 4.69) is 31.9 Å². The van der Waals surface area contributed by atoms with E-state index in [1.807, 2.05) is 13.8 Å². The van der Waals surface area contributed by atoms with Gasteiger partial charge in [0.2, 0.25) is 6.10 Å². The van der Waals surface area contributed by atoms with Crippen molar-refractivity contribution < 1.29 is 27.4 Å². The van der Waals surface area contributed by atoms with Gasteiger partial charge in [0.15, 0.2) is 0 Å². The van der Waals surface area contributed by atoms with Crippen LogP contribution in [0.2, 0.25) is 0 Å². The number of benzene rings is 2. The smallest absolute Gasteiger partial charge is 0.429 e. The molecule has 3 rings (SSSR count). The van der Waals surface area contributed by atoms with E-state index in [4.69, 9.17) is 9.47 Å². The third-order valence-corrected chi connectivity index (χ3v) is 5.67. The van der Waals surface area contributed by atoms with E-state index in [1.54, 1.807) is 42.5 Å². The zero-order chi connectivity index (χ0) is 22.1. The lowest BCUT2D eigenvalue weighted by Gasteiger charge is -2.22. The van der Waals surface area contributed by atoms with Gasteiger partial charge >= 0.3 is 12.1 Å². The summed E-state index contributed by atoms with van der Waals surface area (Å²) in [7, 11) is 0.